The lowest BCUT2D eigenvalue weighted by molar-refractivity contribution is 0.398. The molecule has 0 bridgehead atoms. The summed E-state index contributed by atoms with van der Waals surface area (Å²) < 4.78 is 45.7. The summed E-state index contributed by atoms with van der Waals surface area (Å²) in [6.45, 7) is 2.25. The first-order valence-electron chi connectivity index (χ1n) is 11.9. The van der Waals surface area contributed by atoms with Crippen LogP contribution in [0.1, 0.15) is 41.7 Å². The summed E-state index contributed by atoms with van der Waals surface area (Å²) in [4.78, 5) is 2.22. The molecule has 34 heavy (non-hydrogen) atoms. The third-order valence-corrected chi connectivity index (χ3v) is 9.95. The van der Waals surface area contributed by atoms with Crippen molar-refractivity contribution in [1.29, 1.82) is 0 Å². The monoisotopic (exact) mass is 481 g/mol. The molecule has 3 aliphatic rings. The predicted molar refractivity (Wildman–Crippen MR) is 127 cm³/mol. The lowest BCUT2D eigenvalue weighted by atomic mass is 10.1. The van der Waals surface area contributed by atoms with E-state index in [4.69, 9.17) is 0 Å². The molecule has 3 heterocycles. The van der Waals surface area contributed by atoms with Crippen LogP contribution in [0.5, 0.6) is 0 Å². The van der Waals surface area contributed by atoms with E-state index < -0.39 is 15.3 Å². The minimum Gasteiger partial charge on any atom is -0.371 e. The molecule has 0 spiro atoms. The van der Waals surface area contributed by atoms with E-state index in [1.807, 2.05) is 36.4 Å². The average molecular weight is 482 g/mol. The minimum atomic E-state index is -3.58. The topological polar surface area (TPSA) is 71.3 Å². The van der Waals surface area contributed by atoms with Gasteiger partial charge in [-0.1, -0.05) is 42.8 Å². The number of nitrogens with zero attached hydrogens (tertiary/aromatic N) is 5. The molecule has 3 aromatic rings. The number of halogens is 1. The third kappa shape index (κ3) is 3.80. The lowest BCUT2D eigenvalue weighted by Crippen LogP contribution is -2.34. The molecule has 1 aliphatic carbocycles. The Morgan fingerprint density at radius 2 is 1.71 bits per heavy atom. The van der Waals surface area contributed by atoms with Gasteiger partial charge in [0.25, 0.3) is 0 Å². The van der Waals surface area contributed by atoms with E-state index in [9.17, 15) is 8.42 Å². The van der Waals surface area contributed by atoms with Crippen LogP contribution < -0.4 is 4.90 Å². The highest BCUT2D eigenvalue weighted by atomic mass is 32.2. The summed E-state index contributed by atoms with van der Waals surface area (Å²) in [6.07, 6.45) is 5.75. The molecule has 4 atom stereocenters. The molecular formula is C25H28FN5O2S. The smallest absolute Gasteiger partial charge is 0.221 e. The van der Waals surface area contributed by atoms with Gasteiger partial charge in [0, 0.05) is 55.3 Å². The van der Waals surface area contributed by atoms with Crippen LogP contribution >= 0.6 is 0 Å². The second kappa shape index (κ2) is 8.46. The average Bonchev–Trinajstić information content (AvgIpc) is 3.19. The zero-order valence-electron chi connectivity index (χ0n) is 18.9. The first kappa shape index (κ1) is 21.7. The fraction of sp³-hybridized carbons (Fsp3) is 0.440. The number of hydrogen-bond donors (Lipinski definition) is 0. The summed E-state index contributed by atoms with van der Waals surface area (Å²) in [5, 5.41) is 7.22. The van der Waals surface area contributed by atoms with E-state index in [0.29, 0.717) is 36.4 Å². The van der Waals surface area contributed by atoms with Crippen LogP contribution in [-0.2, 0) is 16.6 Å². The maximum atomic E-state index is 15.2. The van der Waals surface area contributed by atoms with Gasteiger partial charge in [-0.15, -0.1) is 10.2 Å². The molecule has 3 fully saturated rings. The molecule has 9 heteroatoms. The number of piperidine rings is 1. The highest BCUT2D eigenvalue weighted by Crippen LogP contribution is 2.55. The van der Waals surface area contributed by atoms with E-state index in [1.165, 1.54) is 4.31 Å². The van der Waals surface area contributed by atoms with Crippen LogP contribution in [0.25, 0.3) is 0 Å². The van der Waals surface area contributed by atoms with E-state index in [0.717, 1.165) is 37.2 Å². The number of hydrogen-bond acceptors (Lipinski definition) is 5. The maximum absolute atomic E-state index is 15.2. The molecule has 1 aromatic heterocycles. The van der Waals surface area contributed by atoms with Crippen molar-refractivity contribution in [3.8, 4) is 0 Å². The summed E-state index contributed by atoms with van der Waals surface area (Å²) in [6, 6.07) is 15.1. The zero-order valence-corrected chi connectivity index (χ0v) is 19.7. The molecule has 2 aliphatic heterocycles. The number of rotatable bonds is 5. The maximum Gasteiger partial charge on any atom is 0.221 e. The molecule has 2 saturated heterocycles. The van der Waals surface area contributed by atoms with Crippen molar-refractivity contribution in [3.63, 3.8) is 0 Å². The Bertz CT molecular complexity index is 1260. The Kier molecular flexibility index (Phi) is 5.41. The van der Waals surface area contributed by atoms with Gasteiger partial charge in [0.15, 0.2) is 0 Å². The van der Waals surface area contributed by atoms with Crippen LogP contribution in [0.3, 0.4) is 0 Å². The number of anilines is 1. The first-order chi connectivity index (χ1) is 16.5. The first-order valence-corrected chi connectivity index (χ1v) is 13.4. The molecular weight excluding hydrogens is 453 g/mol. The van der Waals surface area contributed by atoms with E-state index >= 15 is 4.39 Å². The normalized spacial score (nSPS) is 28.4. The Balaban J connectivity index is 1.16. The van der Waals surface area contributed by atoms with Gasteiger partial charge in [0.05, 0.1) is 0 Å². The Morgan fingerprint density at radius 3 is 2.41 bits per heavy atom. The second-order valence-electron chi connectivity index (χ2n) is 9.68. The fourth-order valence-corrected chi connectivity index (χ4v) is 7.84. The van der Waals surface area contributed by atoms with Crippen molar-refractivity contribution in [1.82, 2.24) is 19.1 Å². The van der Waals surface area contributed by atoms with Crippen LogP contribution in [0.2, 0.25) is 0 Å². The second-order valence-corrected chi connectivity index (χ2v) is 11.8. The van der Waals surface area contributed by atoms with Gasteiger partial charge in [0.1, 0.15) is 23.7 Å². The van der Waals surface area contributed by atoms with Crippen molar-refractivity contribution in [2.45, 2.75) is 37.1 Å². The quantitative estimate of drug-likeness (QED) is 0.555. The van der Waals surface area contributed by atoms with Crippen molar-refractivity contribution in [3.05, 3.63) is 78.1 Å². The molecule has 0 amide bonds. The van der Waals surface area contributed by atoms with Gasteiger partial charge in [-0.2, -0.15) is 4.31 Å². The van der Waals surface area contributed by atoms with Crippen LogP contribution in [0.15, 0.2) is 61.2 Å². The molecule has 7 nitrogen and oxygen atoms in total. The molecule has 1 saturated carbocycles. The lowest BCUT2D eigenvalue weighted by Gasteiger charge is -2.26. The SMILES string of the molecule is O=S1(=O)[C@H](c2ccccc2)CCCCN1Cc1ccc(N2C[C@@H]3[C@H](C2)[C@H]3n2cnnc2)cc1F. The van der Waals surface area contributed by atoms with Crippen LogP contribution in [-0.4, -0.2) is 47.1 Å². The standard InChI is InChI=1S/C25H28FN5O2S/c26-23-12-20(29-14-21-22(15-29)25(21)30-16-27-28-17-30)10-9-19(23)13-31-11-5-4-8-24(34(31,32)33)18-6-2-1-3-7-18/h1-3,6-7,9-10,12,16-17,21-22,24-25H,4-5,8,11,13-15H2/t21-,22+,24-,25+/m0/s1. The third-order valence-electron chi connectivity index (χ3n) is 7.69. The van der Waals surface area contributed by atoms with E-state index in [1.54, 1.807) is 24.8 Å². The van der Waals surface area contributed by atoms with Crippen LogP contribution in [0.4, 0.5) is 10.1 Å². The van der Waals surface area contributed by atoms with Crippen LogP contribution in [0, 0.1) is 17.7 Å². The highest BCUT2D eigenvalue weighted by molar-refractivity contribution is 7.89. The molecule has 0 unspecified atom stereocenters. The molecule has 0 radical (unpaired) electrons. The van der Waals surface area contributed by atoms with E-state index in [2.05, 4.69) is 19.7 Å². The summed E-state index contributed by atoms with van der Waals surface area (Å²) in [5.41, 5.74) is 2.09. The zero-order chi connectivity index (χ0) is 23.3. The number of fused-ring (bicyclic) bond motifs is 1. The highest BCUT2D eigenvalue weighted by Gasteiger charge is 2.57. The van der Waals surface area contributed by atoms with Crippen molar-refractivity contribution >= 4 is 15.7 Å². The molecule has 6 rings (SSSR count). The molecule has 0 N–H and O–H groups in total. The van der Waals surface area contributed by atoms with E-state index in [-0.39, 0.29) is 12.4 Å². The molecule has 178 valence electrons. The van der Waals surface area contributed by atoms with Gasteiger partial charge in [0.2, 0.25) is 10.0 Å². The number of aromatic nitrogens is 3. The van der Waals surface area contributed by atoms with Crippen molar-refractivity contribution in [2.24, 2.45) is 11.8 Å². The van der Waals surface area contributed by atoms with Gasteiger partial charge >= 0.3 is 0 Å². The molecule has 2 aromatic carbocycles. The Morgan fingerprint density at radius 1 is 0.971 bits per heavy atom. The fourth-order valence-electron chi connectivity index (χ4n) is 5.81. The number of benzene rings is 2. The largest absolute Gasteiger partial charge is 0.371 e. The van der Waals surface area contributed by atoms with Gasteiger partial charge < -0.3 is 9.47 Å². The summed E-state index contributed by atoms with van der Waals surface area (Å²) in [7, 11) is -3.58. The summed E-state index contributed by atoms with van der Waals surface area (Å²) in [5.74, 6) is 0.732. The van der Waals surface area contributed by atoms with Gasteiger partial charge in [-0.25, -0.2) is 12.8 Å². The Hall–Kier alpha value is -2.78. The summed E-state index contributed by atoms with van der Waals surface area (Å²) >= 11 is 0. The predicted octanol–water partition coefficient (Wildman–Crippen LogP) is 3.78. The number of sulfonamides is 1. The Labute approximate surface area is 199 Å². The van der Waals surface area contributed by atoms with Gasteiger partial charge in [-0.3, -0.25) is 0 Å². The van der Waals surface area contributed by atoms with Crippen molar-refractivity contribution < 1.29 is 12.8 Å². The minimum absolute atomic E-state index is 0.0682. The van der Waals surface area contributed by atoms with Gasteiger partial charge in [-0.05, 0) is 30.5 Å². The van der Waals surface area contributed by atoms with Crippen molar-refractivity contribution in [2.75, 3.05) is 24.5 Å².